The number of nitrogens with two attached hydrogens (primary N) is 1. The van der Waals surface area contributed by atoms with E-state index in [1.165, 1.54) is 24.4 Å². The SMILES string of the molecule is CC(Oc1cc(F)ccc1Cl)c1ccnc(N)n1. The summed E-state index contributed by atoms with van der Waals surface area (Å²) < 4.78 is 18.6. The van der Waals surface area contributed by atoms with E-state index in [1.807, 2.05) is 0 Å². The third-order valence-electron chi connectivity index (χ3n) is 2.31. The van der Waals surface area contributed by atoms with Gasteiger partial charge in [-0.15, -0.1) is 0 Å². The summed E-state index contributed by atoms with van der Waals surface area (Å²) in [5.74, 6) is 0.0124. The van der Waals surface area contributed by atoms with E-state index >= 15 is 0 Å². The molecule has 1 aromatic carbocycles. The Morgan fingerprint density at radius 2 is 2.17 bits per heavy atom. The summed E-state index contributed by atoms with van der Waals surface area (Å²) >= 11 is 5.91. The van der Waals surface area contributed by atoms with Crippen LogP contribution in [0.4, 0.5) is 10.3 Å². The Bertz CT molecular complexity index is 565. The molecule has 0 spiro atoms. The Balaban J connectivity index is 2.21. The van der Waals surface area contributed by atoms with Crippen molar-refractivity contribution in [1.29, 1.82) is 0 Å². The molecule has 0 saturated carbocycles. The maximum absolute atomic E-state index is 13.1. The Morgan fingerprint density at radius 3 is 2.89 bits per heavy atom. The van der Waals surface area contributed by atoms with Gasteiger partial charge in [0.2, 0.25) is 5.95 Å². The predicted molar refractivity (Wildman–Crippen MR) is 66.9 cm³/mol. The van der Waals surface area contributed by atoms with E-state index < -0.39 is 11.9 Å². The van der Waals surface area contributed by atoms with E-state index in [4.69, 9.17) is 22.1 Å². The van der Waals surface area contributed by atoms with Gasteiger partial charge < -0.3 is 10.5 Å². The van der Waals surface area contributed by atoms with Crippen molar-refractivity contribution in [1.82, 2.24) is 9.97 Å². The van der Waals surface area contributed by atoms with Crippen LogP contribution in [0.15, 0.2) is 30.5 Å². The fraction of sp³-hybridized carbons (Fsp3) is 0.167. The highest BCUT2D eigenvalue weighted by Crippen LogP contribution is 2.29. The maximum Gasteiger partial charge on any atom is 0.220 e. The van der Waals surface area contributed by atoms with Gasteiger partial charge in [0, 0.05) is 12.3 Å². The lowest BCUT2D eigenvalue weighted by molar-refractivity contribution is 0.221. The molecule has 1 heterocycles. The summed E-state index contributed by atoms with van der Waals surface area (Å²) in [5, 5.41) is 0.338. The molecule has 1 unspecified atom stereocenters. The summed E-state index contributed by atoms with van der Waals surface area (Å²) in [6.07, 6.45) is 1.12. The molecule has 0 saturated heterocycles. The zero-order valence-electron chi connectivity index (χ0n) is 9.60. The topological polar surface area (TPSA) is 61.0 Å². The zero-order chi connectivity index (χ0) is 13.1. The molecule has 4 nitrogen and oxygen atoms in total. The van der Waals surface area contributed by atoms with Crippen LogP contribution in [-0.4, -0.2) is 9.97 Å². The van der Waals surface area contributed by atoms with Crippen molar-refractivity contribution in [3.63, 3.8) is 0 Å². The van der Waals surface area contributed by atoms with Crippen molar-refractivity contribution in [3.8, 4) is 5.75 Å². The third-order valence-corrected chi connectivity index (χ3v) is 2.62. The normalized spacial score (nSPS) is 12.2. The molecule has 2 aromatic rings. The van der Waals surface area contributed by atoms with Crippen LogP contribution in [-0.2, 0) is 0 Å². The molecule has 1 aromatic heterocycles. The fourth-order valence-corrected chi connectivity index (χ4v) is 1.60. The first-order valence-electron chi connectivity index (χ1n) is 5.26. The van der Waals surface area contributed by atoms with Gasteiger partial charge in [-0.1, -0.05) is 11.6 Å². The molecule has 0 amide bonds. The minimum absolute atomic E-state index is 0.160. The number of hydrogen-bond acceptors (Lipinski definition) is 4. The molecule has 2 N–H and O–H groups in total. The number of nitrogen functional groups attached to an aromatic ring is 1. The molecule has 0 radical (unpaired) electrons. The van der Waals surface area contributed by atoms with Crippen molar-refractivity contribution in [3.05, 3.63) is 47.0 Å². The van der Waals surface area contributed by atoms with Crippen molar-refractivity contribution < 1.29 is 9.13 Å². The van der Waals surface area contributed by atoms with Crippen molar-refractivity contribution in [2.75, 3.05) is 5.73 Å². The highest BCUT2D eigenvalue weighted by molar-refractivity contribution is 6.32. The van der Waals surface area contributed by atoms with Gasteiger partial charge in [0.1, 0.15) is 17.7 Å². The highest BCUT2D eigenvalue weighted by atomic mass is 35.5. The van der Waals surface area contributed by atoms with E-state index in [0.717, 1.165) is 0 Å². The van der Waals surface area contributed by atoms with Gasteiger partial charge in [-0.3, -0.25) is 0 Å². The highest BCUT2D eigenvalue weighted by Gasteiger charge is 2.12. The number of anilines is 1. The lowest BCUT2D eigenvalue weighted by atomic mass is 10.2. The number of benzene rings is 1. The van der Waals surface area contributed by atoms with E-state index in [0.29, 0.717) is 10.7 Å². The minimum Gasteiger partial charge on any atom is -0.483 e. The predicted octanol–water partition coefficient (Wildman–Crippen LogP) is 2.99. The number of aromatic nitrogens is 2. The second-order valence-corrected chi connectivity index (χ2v) is 4.08. The van der Waals surface area contributed by atoms with Crippen LogP contribution in [0.5, 0.6) is 5.75 Å². The lowest BCUT2D eigenvalue weighted by Crippen LogP contribution is -2.08. The summed E-state index contributed by atoms with van der Waals surface area (Å²) in [4.78, 5) is 7.81. The first kappa shape index (κ1) is 12.6. The molecule has 18 heavy (non-hydrogen) atoms. The Kier molecular flexibility index (Phi) is 3.62. The van der Waals surface area contributed by atoms with Crippen LogP contribution < -0.4 is 10.5 Å². The molecule has 94 valence electrons. The number of nitrogens with zero attached hydrogens (tertiary/aromatic N) is 2. The van der Waals surface area contributed by atoms with Gasteiger partial charge in [0.15, 0.2) is 0 Å². The van der Waals surface area contributed by atoms with Gasteiger partial charge in [-0.25, -0.2) is 14.4 Å². The maximum atomic E-state index is 13.1. The molecule has 0 aliphatic carbocycles. The fourth-order valence-electron chi connectivity index (χ4n) is 1.43. The van der Waals surface area contributed by atoms with Crippen LogP contribution in [0.2, 0.25) is 5.02 Å². The number of hydrogen-bond donors (Lipinski definition) is 1. The second kappa shape index (κ2) is 5.18. The summed E-state index contributed by atoms with van der Waals surface area (Å²) in [6.45, 7) is 1.77. The van der Waals surface area contributed by atoms with Crippen LogP contribution in [0, 0.1) is 5.82 Å². The average Bonchev–Trinajstić information content (AvgIpc) is 2.34. The molecule has 0 fully saturated rings. The quantitative estimate of drug-likeness (QED) is 0.929. The van der Waals surface area contributed by atoms with E-state index in [1.54, 1.807) is 13.0 Å². The van der Waals surface area contributed by atoms with Crippen molar-refractivity contribution in [2.45, 2.75) is 13.0 Å². The van der Waals surface area contributed by atoms with E-state index in [9.17, 15) is 4.39 Å². The van der Waals surface area contributed by atoms with Crippen LogP contribution in [0.25, 0.3) is 0 Å². The van der Waals surface area contributed by atoms with Gasteiger partial charge in [0.05, 0.1) is 10.7 Å². The smallest absolute Gasteiger partial charge is 0.220 e. The number of rotatable bonds is 3. The summed E-state index contributed by atoms with van der Waals surface area (Å²) in [6, 6.07) is 5.60. The molecular formula is C12H11ClFN3O. The van der Waals surface area contributed by atoms with Crippen LogP contribution in [0.1, 0.15) is 18.7 Å². The van der Waals surface area contributed by atoms with E-state index in [-0.39, 0.29) is 11.7 Å². The molecular weight excluding hydrogens is 257 g/mol. The first-order chi connectivity index (χ1) is 8.56. The van der Waals surface area contributed by atoms with E-state index in [2.05, 4.69) is 9.97 Å². The largest absolute Gasteiger partial charge is 0.483 e. The van der Waals surface area contributed by atoms with Crippen LogP contribution in [0.3, 0.4) is 0 Å². The average molecular weight is 268 g/mol. The Labute approximate surface area is 109 Å². The molecule has 0 aliphatic rings. The van der Waals surface area contributed by atoms with Gasteiger partial charge >= 0.3 is 0 Å². The second-order valence-electron chi connectivity index (χ2n) is 3.67. The number of halogens is 2. The van der Waals surface area contributed by atoms with Gasteiger partial charge in [-0.2, -0.15) is 0 Å². The Hall–Kier alpha value is -1.88. The molecule has 0 bridgehead atoms. The zero-order valence-corrected chi connectivity index (χ0v) is 10.4. The third kappa shape index (κ3) is 2.87. The Morgan fingerprint density at radius 1 is 1.39 bits per heavy atom. The molecule has 0 aliphatic heterocycles. The first-order valence-corrected chi connectivity index (χ1v) is 5.64. The molecule has 2 rings (SSSR count). The monoisotopic (exact) mass is 267 g/mol. The lowest BCUT2D eigenvalue weighted by Gasteiger charge is -2.15. The summed E-state index contributed by atoms with van der Waals surface area (Å²) in [7, 11) is 0. The molecule has 6 heteroatoms. The summed E-state index contributed by atoms with van der Waals surface area (Å²) in [5.41, 5.74) is 6.08. The minimum atomic E-state index is -0.413. The van der Waals surface area contributed by atoms with Crippen molar-refractivity contribution in [2.24, 2.45) is 0 Å². The van der Waals surface area contributed by atoms with Gasteiger partial charge in [-0.05, 0) is 25.1 Å². The standard InChI is InChI=1S/C12H11ClFN3O/c1-7(10-4-5-16-12(15)17-10)18-11-6-8(14)2-3-9(11)13/h2-7H,1H3,(H2,15,16,17). The van der Waals surface area contributed by atoms with Crippen LogP contribution >= 0.6 is 11.6 Å². The molecule has 1 atom stereocenters. The van der Waals surface area contributed by atoms with Gasteiger partial charge in [0.25, 0.3) is 0 Å². The number of ether oxygens (including phenoxy) is 1. The van der Waals surface area contributed by atoms with Crippen molar-refractivity contribution >= 4 is 17.5 Å².